The topological polar surface area (TPSA) is 92.2 Å². The molecule has 0 saturated carbocycles. The minimum atomic E-state index is -3.69. The quantitative estimate of drug-likeness (QED) is 0.759. The van der Waals surface area contributed by atoms with Gasteiger partial charge in [-0.05, 0) is 24.3 Å². The van der Waals surface area contributed by atoms with Crippen LogP contribution >= 0.6 is 22.9 Å². The average molecular weight is 345 g/mol. The second kappa shape index (κ2) is 5.30. The molecule has 0 spiro atoms. The lowest BCUT2D eigenvalue weighted by Crippen LogP contribution is -2.22. The van der Waals surface area contributed by atoms with Gasteiger partial charge in [-0.1, -0.05) is 11.6 Å². The summed E-state index contributed by atoms with van der Waals surface area (Å²) in [6, 6.07) is 7.64. The van der Waals surface area contributed by atoms with E-state index in [1.54, 1.807) is 12.1 Å². The van der Waals surface area contributed by atoms with Crippen LogP contribution in [0.25, 0.3) is 11.1 Å². The van der Waals surface area contributed by atoms with Gasteiger partial charge in [-0.2, -0.15) is 0 Å². The van der Waals surface area contributed by atoms with Crippen LogP contribution in [-0.2, 0) is 16.6 Å². The van der Waals surface area contributed by atoms with Gasteiger partial charge in [-0.25, -0.2) is 17.9 Å². The van der Waals surface area contributed by atoms with Gasteiger partial charge < -0.3 is 4.42 Å². The predicted molar refractivity (Wildman–Crippen MR) is 80.2 cm³/mol. The Morgan fingerprint density at radius 1 is 1.29 bits per heavy atom. The monoisotopic (exact) mass is 344 g/mol. The van der Waals surface area contributed by atoms with Crippen molar-refractivity contribution in [3.63, 3.8) is 0 Å². The zero-order chi connectivity index (χ0) is 15.0. The first-order valence-electron chi connectivity index (χ1n) is 5.81. The van der Waals surface area contributed by atoms with E-state index in [-0.39, 0.29) is 17.0 Å². The van der Waals surface area contributed by atoms with Crippen molar-refractivity contribution in [3.05, 3.63) is 50.1 Å². The molecular weight excluding hydrogens is 336 g/mol. The molecule has 3 aromatic rings. The molecule has 0 atom stereocenters. The number of aromatic amines is 1. The van der Waals surface area contributed by atoms with E-state index < -0.39 is 15.8 Å². The molecule has 0 unspecified atom stereocenters. The van der Waals surface area contributed by atoms with Crippen LogP contribution in [0.4, 0.5) is 0 Å². The van der Waals surface area contributed by atoms with Crippen LogP contribution in [-0.4, -0.2) is 13.4 Å². The third-order valence-corrected chi connectivity index (χ3v) is 5.40. The molecule has 2 aromatic heterocycles. The Hall–Kier alpha value is -1.61. The lowest BCUT2D eigenvalue weighted by Gasteiger charge is -2.05. The Balaban J connectivity index is 1.86. The van der Waals surface area contributed by atoms with Crippen LogP contribution in [0.15, 0.2) is 44.4 Å². The van der Waals surface area contributed by atoms with Crippen LogP contribution in [0, 0.1) is 0 Å². The summed E-state index contributed by atoms with van der Waals surface area (Å²) in [4.78, 5) is 14.3. The van der Waals surface area contributed by atoms with E-state index in [0.717, 1.165) is 4.88 Å². The van der Waals surface area contributed by atoms with Crippen molar-refractivity contribution < 1.29 is 12.8 Å². The number of nitrogens with one attached hydrogen (secondary N) is 2. The minimum absolute atomic E-state index is 0.0282. The van der Waals surface area contributed by atoms with E-state index in [9.17, 15) is 13.2 Å². The van der Waals surface area contributed by atoms with Crippen molar-refractivity contribution in [2.75, 3.05) is 0 Å². The first-order valence-corrected chi connectivity index (χ1v) is 8.48. The molecular formula is C12H9ClN2O4S2. The third kappa shape index (κ3) is 3.03. The molecule has 3 rings (SSSR count). The molecule has 6 nitrogen and oxygen atoms in total. The van der Waals surface area contributed by atoms with E-state index in [4.69, 9.17) is 16.0 Å². The summed E-state index contributed by atoms with van der Waals surface area (Å²) in [5.74, 6) is -0.624. The van der Waals surface area contributed by atoms with Crippen LogP contribution in [0.2, 0.25) is 4.34 Å². The number of rotatable bonds is 4. The maximum absolute atomic E-state index is 12.2. The molecule has 1 aromatic carbocycles. The number of oxazole rings is 1. The molecule has 0 bridgehead atoms. The van der Waals surface area contributed by atoms with Crippen LogP contribution < -0.4 is 10.5 Å². The van der Waals surface area contributed by atoms with Gasteiger partial charge >= 0.3 is 5.76 Å². The number of hydrogen-bond acceptors (Lipinski definition) is 5. The molecule has 21 heavy (non-hydrogen) atoms. The normalized spacial score (nSPS) is 12.0. The van der Waals surface area contributed by atoms with E-state index in [1.807, 2.05) is 0 Å². The Labute approximate surface area is 128 Å². The minimum Gasteiger partial charge on any atom is -0.408 e. The Bertz CT molecular complexity index is 955. The fraction of sp³-hybridized carbons (Fsp3) is 0.0833. The Morgan fingerprint density at radius 3 is 2.81 bits per heavy atom. The number of hydrogen-bond donors (Lipinski definition) is 2. The highest BCUT2D eigenvalue weighted by Gasteiger charge is 2.16. The molecule has 0 amide bonds. The number of fused-ring (bicyclic) bond motifs is 1. The summed E-state index contributed by atoms with van der Waals surface area (Å²) in [5.41, 5.74) is 0.644. The molecule has 110 valence electrons. The summed E-state index contributed by atoms with van der Waals surface area (Å²) in [6.07, 6.45) is 0. The van der Waals surface area contributed by atoms with Gasteiger partial charge in [0.1, 0.15) is 0 Å². The number of benzene rings is 1. The van der Waals surface area contributed by atoms with E-state index in [1.165, 1.54) is 29.5 Å². The lowest BCUT2D eigenvalue weighted by molar-refractivity contribution is 0.553. The Kier molecular flexibility index (Phi) is 3.62. The Morgan fingerprint density at radius 2 is 2.10 bits per heavy atom. The van der Waals surface area contributed by atoms with Gasteiger partial charge in [0.05, 0.1) is 14.7 Å². The highest BCUT2D eigenvalue weighted by Crippen LogP contribution is 2.22. The molecule has 0 aliphatic heterocycles. The molecule has 0 saturated heterocycles. The lowest BCUT2D eigenvalue weighted by atomic mass is 10.3. The van der Waals surface area contributed by atoms with Gasteiger partial charge in [-0.3, -0.25) is 4.98 Å². The van der Waals surface area contributed by atoms with Crippen molar-refractivity contribution in [2.45, 2.75) is 11.4 Å². The number of halogens is 1. The number of sulfonamides is 1. The SMILES string of the molecule is O=c1[nH]c2ccc(S(=O)(=O)NCc3ccc(Cl)s3)cc2o1. The third-order valence-electron chi connectivity index (χ3n) is 2.77. The van der Waals surface area contributed by atoms with Crippen molar-refractivity contribution >= 4 is 44.1 Å². The maximum atomic E-state index is 12.2. The van der Waals surface area contributed by atoms with Crippen LogP contribution in [0.3, 0.4) is 0 Å². The average Bonchev–Trinajstić information content (AvgIpc) is 3.00. The van der Waals surface area contributed by atoms with E-state index in [0.29, 0.717) is 9.85 Å². The fourth-order valence-corrected chi connectivity index (χ4v) is 3.93. The van der Waals surface area contributed by atoms with Gasteiger partial charge in [0, 0.05) is 17.5 Å². The van der Waals surface area contributed by atoms with Gasteiger partial charge in [0.2, 0.25) is 10.0 Å². The predicted octanol–water partition coefficient (Wildman–Crippen LogP) is 2.31. The molecule has 2 N–H and O–H groups in total. The standard InChI is InChI=1S/C12H9ClN2O4S2/c13-11-4-1-7(20-11)6-14-21(17,18)8-2-3-9-10(5-8)19-12(16)15-9/h1-5,14H,6H2,(H,15,16). The number of H-pyrrole nitrogens is 1. The summed E-state index contributed by atoms with van der Waals surface area (Å²) >= 11 is 7.09. The smallest absolute Gasteiger partial charge is 0.408 e. The maximum Gasteiger partial charge on any atom is 0.417 e. The fourth-order valence-electron chi connectivity index (χ4n) is 1.79. The number of thiophene rings is 1. The molecule has 0 radical (unpaired) electrons. The summed E-state index contributed by atoms with van der Waals surface area (Å²) in [7, 11) is -3.69. The molecule has 2 heterocycles. The molecule has 0 aliphatic carbocycles. The highest BCUT2D eigenvalue weighted by molar-refractivity contribution is 7.89. The molecule has 9 heteroatoms. The van der Waals surface area contributed by atoms with Gasteiger partial charge in [-0.15, -0.1) is 11.3 Å². The highest BCUT2D eigenvalue weighted by atomic mass is 35.5. The van der Waals surface area contributed by atoms with Crippen molar-refractivity contribution in [1.82, 2.24) is 9.71 Å². The summed E-state index contributed by atoms with van der Waals surface area (Å²) in [5, 5.41) is 0. The zero-order valence-electron chi connectivity index (χ0n) is 10.4. The second-order valence-corrected chi connectivity index (χ2v) is 7.77. The van der Waals surface area contributed by atoms with Crippen molar-refractivity contribution in [1.29, 1.82) is 0 Å². The van der Waals surface area contributed by atoms with Crippen LogP contribution in [0.1, 0.15) is 4.88 Å². The first-order chi connectivity index (χ1) is 9.94. The van der Waals surface area contributed by atoms with Crippen molar-refractivity contribution in [3.8, 4) is 0 Å². The second-order valence-electron chi connectivity index (χ2n) is 4.20. The largest absolute Gasteiger partial charge is 0.417 e. The van der Waals surface area contributed by atoms with E-state index in [2.05, 4.69) is 9.71 Å². The number of aromatic nitrogens is 1. The van der Waals surface area contributed by atoms with E-state index >= 15 is 0 Å². The van der Waals surface area contributed by atoms with Gasteiger partial charge in [0.25, 0.3) is 0 Å². The molecule has 0 fully saturated rings. The van der Waals surface area contributed by atoms with Crippen molar-refractivity contribution in [2.24, 2.45) is 0 Å². The first kappa shape index (κ1) is 14.3. The van der Waals surface area contributed by atoms with Crippen LogP contribution in [0.5, 0.6) is 0 Å². The zero-order valence-corrected chi connectivity index (χ0v) is 12.8. The molecule has 0 aliphatic rings. The van der Waals surface area contributed by atoms with Gasteiger partial charge in [0.15, 0.2) is 5.58 Å². The summed E-state index contributed by atoms with van der Waals surface area (Å²) in [6.45, 7) is 0.148. The summed E-state index contributed by atoms with van der Waals surface area (Å²) < 4.78 is 32.3.